The summed E-state index contributed by atoms with van der Waals surface area (Å²) in [4.78, 5) is 40.0. The van der Waals surface area contributed by atoms with Crippen LogP contribution >= 0.6 is 11.3 Å². The number of methoxy groups -OCH3 is 1. The lowest BCUT2D eigenvalue weighted by molar-refractivity contribution is 0.0636. The number of halogens is 2. The summed E-state index contributed by atoms with van der Waals surface area (Å²) in [6.45, 7) is 8.02. The number of carboxylic acid groups (broad SMARTS) is 1. The van der Waals surface area contributed by atoms with Gasteiger partial charge in [-0.25, -0.2) is 18.4 Å². The van der Waals surface area contributed by atoms with Crippen molar-refractivity contribution >= 4 is 55.3 Å². The molecule has 6 heterocycles. The van der Waals surface area contributed by atoms with Crippen molar-refractivity contribution in [2.45, 2.75) is 77.0 Å². The fraction of sp³-hybridized carbons (Fsp3) is 0.500. The Bertz CT molecular complexity index is 2240. The van der Waals surface area contributed by atoms with Crippen LogP contribution in [0.3, 0.4) is 0 Å². The molecule has 17 heteroatoms. The SMILES string of the molecule is CO[C@H]1CCN(CCOc2nc(N3C4CCC3CN(C(=O)O)C4)c3c4c(c(-c5c(F)ccc6sc(NC(=O)OC(C)(C)C)c(C#N)c56)c(F)c3n2)COC4)C1. The first kappa shape index (κ1) is 37.1. The van der Waals surface area contributed by atoms with Crippen molar-refractivity contribution in [2.24, 2.45) is 0 Å². The topological polar surface area (TPSA) is 163 Å². The lowest BCUT2D eigenvalue weighted by atomic mass is 9.90. The smallest absolute Gasteiger partial charge is 0.412 e. The van der Waals surface area contributed by atoms with Gasteiger partial charge in [0, 0.05) is 73.1 Å². The van der Waals surface area contributed by atoms with E-state index in [2.05, 4.69) is 26.2 Å². The minimum Gasteiger partial charge on any atom is -0.465 e. The number of carbonyl (C=O) groups excluding carboxylic acids is 1. The number of piperazine rings is 1. The Labute approximate surface area is 319 Å². The van der Waals surface area contributed by atoms with E-state index in [4.69, 9.17) is 23.9 Å². The number of benzene rings is 2. The Morgan fingerprint density at radius 3 is 2.49 bits per heavy atom. The van der Waals surface area contributed by atoms with Crippen LogP contribution in [0.2, 0.25) is 0 Å². The third kappa shape index (κ3) is 6.75. The van der Waals surface area contributed by atoms with Gasteiger partial charge in [0.25, 0.3) is 0 Å². The Balaban J connectivity index is 1.28. The molecule has 14 nitrogen and oxygen atoms in total. The molecular formula is C38H41F2N7O7S. The van der Waals surface area contributed by atoms with E-state index < -0.39 is 29.4 Å². The highest BCUT2D eigenvalue weighted by molar-refractivity contribution is 7.23. The summed E-state index contributed by atoms with van der Waals surface area (Å²) in [7, 11) is 1.69. The van der Waals surface area contributed by atoms with E-state index in [1.54, 1.807) is 27.9 Å². The summed E-state index contributed by atoms with van der Waals surface area (Å²) in [6, 6.07) is 4.30. The molecule has 2 aromatic carbocycles. The molecule has 4 aromatic rings. The molecule has 3 atom stereocenters. The van der Waals surface area contributed by atoms with E-state index in [9.17, 15) is 20.0 Å². The van der Waals surface area contributed by atoms with E-state index in [-0.39, 0.29) is 89.7 Å². The summed E-state index contributed by atoms with van der Waals surface area (Å²) in [5, 5.41) is 23.5. The number of aromatic nitrogens is 2. The first-order chi connectivity index (χ1) is 26.3. The molecule has 0 aliphatic carbocycles. The van der Waals surface area contributed by atoms with Crippen LogP contribution in [0.1, 0.15) is 56.7 Å². The number of rotatable bonds is 8. The first-order valence-corrected chi connectivity index (χ1v) is 19.1. The van der Waals surface area contributed by atoms with Gasteiger partial charge in [0.2, 0.25) is 0 Å². The third-order valence-electron chi connectivity index (χ3n) is 10.7. The van der Waals surface area contributed by atoms with Crippen molar-refractivity contribution in [3.63, 3.8) is 0 Å². The second-order valence-corrected chi connectivity index (χ2v) is 16.4. The number of nitrogens with zero attached hydrogens (tertiary/aromatic N) is 6. The zero-order valence-corrected chi connectivity index (χ0v) is 31.7. The van der Waals surface area contributed by atoms with Crippen LogP contribution in [0.4, 0.5) is 29.2 Å². The van der Waals surface area contributed by atoms with Gasteiger partial charge in [-0.3, -0.25) is 10.2 Å². The highest BCUT2D eigenvalue weighted by atomic mass is 32.1. The number of nitrogens with one attached hydrogen (secondary N) is 1. The Morgan fingerprint density at radius 2 is 1.82 bits per heavy atom. The molecule has 0 spiro atoms. The van der Waals surface area contributed by atoms with E-state index in [1.807, 2.05) is 0 Å². The molecule has 0 saturated carbocycles. The van der Waals surface area contributed by atoms with Crippen LogP contribution in [0, 0.1) is 23.0 Å². The van der Waals surface area contributed by atoms with Gasteiger partial charge in [-0.05, 0) is 63.3 Å². The van der Waals surface area contributed by atoms with Crippen molar-refractivity contribution < 1.29 is 42.4 Å². The van der Waals surface area contributed by atoms with Gasteiger partial charge >= 0.3 is 18.2 Å². The number of ether oxygens (including phenoxy) is 4. The number of hydrogen-bond donors (Lipinski definition) is 2. The first-order valence-electron chi connectivity index (χ1n) is 18.3. The summed E-state index contributed by atoms with van der Waals surface area (Å²) >= 11 is 1.05. The lowest BCUT2D eigenvalue weighted by Crippen LogP contribution is -2.55. The predicted molar refractivity (Wildman–Crippen MR) is 200 cm³/mol. The monoisotopic (exact) mass is 777 g/mol. The number of fused-ring (bicyclic) bond motifs is 6. The molecule has 4 aliphatic rings. The van der Waals surface area contributed by atoms with Crippen LogP contribution in [0.25, 0.3) is 32.1 Å². The summed E-state index contributed by atoms with van der Waals surface area (Å²) < 4.78 is 57.4. The molecule has 2 aromatic heterocycles. The largest absolute Gasteiger partial charge is 0.465 e. The summed E-state index contributed by atoms with van der Waals surface area (Å²) in [5.41, 5.74) is -0.227. The minimum atomic E-state index is -0.999. The fourth-order valence-corrected chi connectivity index (χ4v) is 9.42. The molecule has 3 fully saturated rings. The number of anilines is 2. The van der Waals surface area contributed by atoms with E-state index >= 15 is 8.78 Å². The molecule has 2 N–H and O–H groups in total. The number of carbonyl (C=O) groups is 2. The van der Waals surface area contributed by atoms with Crippen LogP contribution in [-0.4, -0.2) is 107 Å². The normalized spacial score (nSPS) is 21.0. The summed E-state index contributed by atoms with van der Waals surface area (Å²) in [6.07, 6.45) is 0.682. The molecule has 4 aliphatic heterocycles. The van der Waals surface area contributed by atoms with Gasteiger partial charge in [-0.15, -0.1) is 11.3 Å². The Morgan fingerprint density at radius 1 is 1.07 bits per heavy atom. The maximum Gasteiger partial charge on any atom is 0.412 e. The van der Waals surface area contributed by atoms with Gasteiger partial charge in [0.1, 0.15) is 40.4 Å². The number of thiophene rings is 1. The number of hydrogen-bond acceptors (Lipinski definition) is 12. The predicted octanol–water partition coefficient (Wildman–Crippen LogP) is 6.47. The third-order valence-corrected chi connectivity index (χ3v) is 11.8. The zero-order chi connectivity index (χ0) is 38.8. The van der Waals surface area contributed by atoms with Gasteiger partial charge < -0.3 is 33.9 Å². The Hall–Kier alpha value is -4.89. The van der Waals surface area contributed by atoms with Crippen molar-refractivity contribution in [1.82, 2.24) is 19.8 Å². The van der Waals surface area contributed by atoms with Gasteiger partial charge in [-0.2, -0.15) is 15.2 Å². The minimum absolute atomic E-state index is 0.0366. The maximum atomic E-state index is 17.6. The number of amides is 2. The van der Waals surface area contributed by atoms with E-state index in [0.717, 1.165) is 30.8 Å². The quantitative estimate of drug-likeness (QED) is 0.201. The molecule has 2 bridgehead atoms. The number of likely N-dealkylation sites (tertiary alicyclic amines) is 2. The second-order valence-electron chi connectivity index (χ2n) is 15.3. The van der Waals surface area contributed by atoms with Gasteiger partial charge in [0.05, 0.1) is 30.3 Å². The Kier molecular flexibility index (Phi) is 9.64. The molecule has 2 unspecified atom stereocenters. The second kappa shape index (κ2) is 14.3. The van der Waals surface area contributed by atoms with Gasteiger partial charge in [-0.1, -0.05) is 0 Å². The molecule has 2 amide bonds. The lowest BCUT2D eigenvalue weighted by Gasteiger charge is -2.41. The van der Waals surface area contributed by atoms with Crippen LogP contribution in [0.15, 0.2) is 12.1 Å². The average Bonchev–Trinajstić information content (AvgIpc) is 3.92. The highest BCUT2D eigenvalue weighted by Gasteiger charge is 2.44. The van der Waals surface area contributed by atoms with Crippen LogP contribution in [-0.2, 0) is 27.4 Å². The van der Waals surface area contributed by atoms with E-state index in [1.165, 1.54) is 17.0 Å². The van der Waals surface area contributed by atoms with Crippen molar-refractivity contribution in [2.75, 3.05) is 56.7 Å². The van der Waals surface area contributed by atoms with Crippen LogP contribution < -0.4 is 15.0 Å². The molecular weight excluding hydrogens is 737 g/mol. The average molecular weight is 778 g/mol. The summed E-state index contributed by atoms with van der Waals surface area (Å²) in [5.74, 6) is -1.19. The molecule has 8 rings (SSSR count). The zero-order valence-electron chi connectivity index (χ0n) is 30.9. The molecule has 55 heavy (non-hydrogen) atoms. The highest BCUT2D eigenvalue weighted by Crippen LogP contribution is 2.49. The van der Waals surface area contributed by atoms with Crippen molar-refractivity contribution in [3.8, 4) is 23.2 Å². The van der Waals surface area contributed by atoms with E-state index in [0.29, 0.717) is 46.4 Å². The maximum absolute atomic E-state index is 17.6. The molecule has 3 saturated heterocycles. The van der Waals surface area contributed by atoms with Crippen molar-refractivity contribution in [1.29, 1.82) is 5.26 Å². The van der Waals surface area contributed by atoms with Crippen LogP contribution in [0.5, 0.6) is 6.01 Å². The van der Waals surface area contributed by atoms with Gasteiger partial charge in [0.15, 0.2) is 5.82 Å². The molecule has 290 valence electrons. The fourth-order valence-electron chi connectivity index (χ4n) is 8.37. The standard InChI is InChI=1S/C38H41F2N7O7S/c1-38(2,3)54-36(48)44-34-22(13-41)27-26(55-34)8-7-25(39)30(27)28-23-17-52-18-24(23)29-32(31(28)40)42-35(53-12-11-45-10-9-21(16-45)51-4)43-33(29)47-19-5-6-20(47)15-46(14-19)37(49)50/h7-8,19-21H,5-6,9-12,14-18H2,1-4H3,(H,44,48)(H,49,50)/t19?,20?,21-/m0/s1. The molecule has 0 radical (unpaired) electrons. The van der Waals surface area contributed by atoms with Crippen molar-refractivity contribution in [3.05, 3.63) is 40.5 Å². The number of nitriles is 1.